The molecule has 0 unspecified atom stereocenters. The van der Waals surface area contributed by atoms with Crippen LogP contribution in [0.25, 0.3) is 5.69 Å². The van der Waals surface area contributed by atoms with Gasteiger partial charge in [0.25, 0.3) is 0 Å². The highest BCUT2D eigenvalue weighted by molar-refractivity contribution is 6.32. The largest absolute Gasteiger partial charge is 0.239 e. The Kier molecular flexibility index (Phi) is 2.75. The standard InChI is InChI=1S/C10H8Cl2N2/c11-7-8-2-3-10(9(12)6-8)14-5-1-4-13-14/h1-6H,7H2. The van der Waals surface area contributed by atoms with Crippen LogP contribution in [0.15, 0.2) is 36.7 Å². The van der Waals surface area contributed by atoms with Gasteiger partial charge in [-0.15, -0.1) is 11.6 Å². The molecule has 0 saturated carbocycles. The summed E-state index contributed by atoms with van der Waals surface area (Å²) < 4.78 is 1.72. The SMILES string of the molecule is ClCc1ccc(-n2cccn2)c(Cl)c1. The predicted molar refractivity (Wildman–Crippen MR) is 58.1 cm³/mol. The van der Waals surface area contributed by atoms with Crippen LogP contribution in [0, 0.1) is 0 Å². The predicted octanol–water partition coefficient (Wildman–Crippen LogP) is 3.26. The molecule has 1 heterocycles. The molecule has 0 aliphatic rings. The first-order valence-electron chi connectivity index (χ1n) is 4.15. The number of hydrogen-bond acceptors (Lipinski definition) is 1. The molecule has 2 aromatic rings. The lowest BCUT2D eigenvalue weighted by molar-refractivity contribution is 0.880. The molecule has 1 aromatic carbocycles. The van der Waals surface area contributed by atoms with Crippen LogP contribution in [0.2, 0.25) is 5.02 Å². The first-order chi connectivity index (χ1) is 6.81. The Morgan fingerprint density at radius 3 is 2.79 bits per heavy atom. The highest BCUT2D eigenvalue weighted by Crippen LogP contribution is 2.21. The summed E-state index contributed by atoms with van der Waals surface area (Å²) in [5.41, 5.74) is 1.87. The van der Waals surface area contributed by atoms with E-state index in [0.717, 1.165) is 11.3 Å². The highest BCUT2D eigenvalue weighted by Gasteiger charge is 2.03. The summed E-state index contributed by atoms with van der Waals surface area (Å²) in [6.45, 7) is 0. The van der Waals surface area contributed by atoms with Crippen LogP contribution in [0.4, 0.5) is 0 Å². The van der Waals surface area contributed by atoms with E-state index in [0.29, 0.717) is 10.9 Å². The zero-order valence-corrected chi connectivity index (χ0v) is 8.83. The Bertz CT molecular complexity index is 424. The molecule has 0 radical (unpaired) electrons. The number of alkyl halides is 1. The summed E-state index contributed by atoms with van der Waals surface area (Å²) in [5, 5.41) is 4.76. The van der Waals surface area contributed by atoms with Gasteiger partial charge in [-0.1, -0.05) is 17.7 Å². The zero-order valence-electron chi connectivity index (χ0n) is 7.32. The number of rotatable bonds is 2. The van der Waals surface area contributed by atoms with Crippen LogP contribution in [0.1, 0.15) is 5.56 Å². The Morgan fingerprint density at radius 1 is 1.36 bits per heavy atom. The molecule has 0 aliphatic carbocycles. The second-order valence-corrected chi connectivity index (χ2v) is 3.54. The quantitative estimate of drug-likeness (QED) is 0.720. The Hall–Kier alpha value is -0.990. The summed E-state index contributed by atoms with van der Waals surface area (Å²) in [6.07, 6.45) is 3.56. The van der Waals surface area contributed by atoms with Gasteiger partial charge >= 0.3 is 0 Å². The first kappa shape index (κ1) is 9.56. The summed E-state index contributed by atoms with van der Waals surface area (Å²) in [7, 11) is 0. The van der Waals surface area contributed by atoms with Crippen molar-refractivity contribution in [1.29, 1.82) is 0 Å². The molecule has 1 aromatic heterocycles. The molecule has 14 heavy (non-hydrogen) atoms. The molecule has 0 spiro atoms. The molecule has 2 nitrogen and oxygen atoms in total. The fourth-order valence-electron chi connectivity index (χ4n) is 1.23. The number of benzene rings is 1. The number of hydrogen-bond donors (Lipinski definition) is 0. The topological polar surface area (TPSA) is 17.8 Å². The maximum atomic E-state index is 6.08. The van der Waals surface area contributed by atoms with E-state index >= 15 is 0 Å². The van der Waals surface area contributed by atoms with Gasteiger partial charge in [0.15, 0.2) is 0 Å². The van der Waals surface area contributed by atoms with E-state index in [9.17, 15) is 0 Å². The third kappa shape index (κ3) is 1.76. The van der Waals surface area contributed by atoms with Crippen molar-refractivity contribution in [2.75, 3.05) is 0 Å². The van der Waals surface area contributed by atoms with Crippen molar-refractivity contribution in [3.8, 4) is 5.69 Å². The zero-order chi connectivity index (χ0) is 9.97. The molecule has 0 N–H and O–H groups in total. The van der Waals surface area contributed by atoms with E-state index < -0.39 is 0 Å². The molecule has 2 rings (SSSR count). The molecule has 4 heteroatoms. The molecule has 0 saturated heterocycles. The molecular weight excluding hydrogens is 219 g/mol. The number of nitrogens with zero attached hydrogens (tertiary/aromatic N) is 2. The highest BCUT2D eigenvalue weighted by atomic mass is 35.5. The van der Waals surface area contributed by atoms with Crippen LogP contribution in [-0.2, 0) is 5.88 Å². The van der Waals surface area contributed by atoms with Crippen LogP contribution in [0.3, 0.4) is 0 Å². The van der Waals surface area contributed by atoms with Gasteiger partial charge in [-0.25, -0.2) is 4.68 Å². The fraction of sp³-hybridized carbons (Fsp3) is 0.100. The van der Waals surface area contributed by atoms with E-state index in [1.54, 1.807) is 10.9 Å². The molecule has 0 atom stereocenters. The Labute approximate surface area is 92.1 Å². The smallest absolute Gasteiger partial charge is 0.0831 e. The molecule has 0 amide bonds. The monoisotopic (exact) mass is 226 g/mol. The lowest BCUT2D eigenvalue weighted by Crippen LogP contribution is -1.95. The number of aromatic nitrogens is 2. The molecule has 0 bridgehead atoms. The van der Waals surface area contributed by atoms with Gasteiger partial charge in [-0.2, -0.15) is 5.10 Å². The van der Waals surface area contributed by atoms with Crippen molar-refractivity contribution in [3.63, 3.8) is 0 Å². The summed E-state index contributed by atoms with van der Waals surface area (Å²) in [6, 6.07) is 7.56. The van der Waals surface area contributed by atoms with Crippen LogP contribution < -0.4 is 0 Å². The van der Waals surface area contributed by atoms with Gasteiger partial charge in [-0.05, 0) is 23.8 Å². The van der Waals surface area contributed by atoms with Gasteiger partial charge in [-0.3, -0.25) is 0 Å². The third-order valence-electron chi connectivity index (χ3n) is 1.92. The minimum Gasteiger partial charge on any atom is -0.239 e. The van der Waals surface area contributed by atoms with Crippen molar-refractivity contribution in [1.82, 2.24) is 9.78 Å². The van der Waals surface area contributed by atoms with Gasteiger partial charge < -0.3 is 0 Å². The van der Waals surface area contributed by atoms with E-state index in [-0.39, 0.29) is 0 Å². The fourth-order valence-corrected chi connectivity index (χ4v) is 1.69. The van der Waals surface area contributed by atoms with E-state index in [4.69, 9.17) is 23.2 Å². The number of halogens is 2. The van der Waals surface area contributed by atoms with Crippen LogP contribution >= 0.6 is 23.2 Å². The van der Waals surface area contributed by atoms with E-state index in [1.165, 1.54) is 0 Å². The maximum absolute atomic E-state index is 6.08. The summed E-state index contributed by atoms with van der Waals surface area (Å²) in [4.78, 5) is 0. The van der Waals surface area contributed by atoms with Gasteiger partial charge in [0.2, 0.25) is 0 Å². The van der Waals surface area contributed by atoms with Crippen molar-refractivity contribution >= 4 is 23.2 Å². The Balaban J connectivity index is 2.46. The lowest BCUT2D eigenvalue weighted by Gasteiger charge is -2.05. The molecule has 0 aliphatic heterocycles. The summed E-state index contributed by atoms with van der Waals surface area (Å²) in [5.74, 6) is 0.471. The normalized spacial score (nSPS) is 10.4. The molecule has 0 fully saturated rings. The minimum atomic E-state index is 0.471. The van der Waals surface area contributed by atoms with Gasteiger partial charge in [0.05, 0.1) is 10.7 Å². The molecular formula is C10H8Cl2N2. The van der Waals surface area contributed by atoms with Crippen molar-refractivity contribution in [2.24, 2.45) is 0 Å². The third-order valence-corrected chi connectivity index (χ3v) is 2.53. The second kappa shape index (κ2) is 4.03. The van der Waals surface area contributed by atoms with Gasteiger partial charge in [0.1, 0.15) is 0 Å². The van der Waals surface area contributed by atoms with Crippen molar-refractivity contribution < 1.29 is 0 Å². The van der Waals surface area contributed by atoms with E-state index in [1.807, 2.05) is 30.5 Å². The van der Waals surface area contributed by atoms with Crippen LogP contribution in [-0.4, -0.2) is 9.78 Å². The summed E-state index contributed by atoms with van der Waals surface area (Å²) >= 11 is 11.8. The van der Waals surface area contributed by atoms with E-state index in [2.05, 4.69) is 5.10 Å². The Morgan fingerprint density at radius 2 is 2.21 bits per heavy atom. The lowest BCUT2D eigenvalue weighted by atomic mass is 10.2. The van der Waals surface area contributed by atoms with Crippen LogP contribution in [0.5, 0.6) is 0 Å². The second-order valence-electron chi connectivity index (χ2n) is 2.87. The first-order valence-corrected chi connectivity index (χ1v) is 5.07. The van der Waals surface area contributed by atoms with Gasteiger partial charge in [0, 0.05) is 18.3 Å². The minimum absolute atomic E-state index is 0.471. The maximum Gasteiger partial charge on any atom is 0.0831 e. The average Bonchev–Trinajstić information content (AvgIpc) is 2.70. The molecule has 72 valence electrons. The van der Waals surface area contributed by atoms with Crippen molar-refractivity contribution in [3.05, 3.63) is 47.2 Å². The average molecular weight is 227 g/mol. The van der Waals surface area contributed by atoms with Crippen molar-refractivity contribution in [2.45, 2.75) is 5.88 Å².